The van der Waals surface area contributed by atoms with E-state index in [9.17, 15) is 4.39 Å². The van der Waals surface area contributed by atoms with Crippen LogP contribution in [-0.4, -0.2) is 6.04 Å². The van der Waals surface area contributed by atoms with Crippen LogP contribution in [0.15, 0.2) is 46.9 Å². The number of ether oxygens (including phenoxy) is 1. The molecular weight excluding hydrogens is 309 g/mol. The Kier molecular flexibility index (Phi) is 4.56. The summed E-state index contributed by atoms with van der Waals surface area (Å²) >= 11 is 3.36. The van der Waals surface area contributed by atoms with E-state index in [1.165, 1.54) is 6.07 Å². The number of benzene rings is 2. The van der Waals surface area contributed by atoms with Gasteiger partial charge in [0.15, 0.2) is 11.6 Å². The fraction of sp³-hybridized carbons (Fsp3) is 0.200. The Morgan fingerprint density at radius 1 is 1.26 bits per heavy atom. The van der Waals surface area contributed by atoms with Gasteiger partial charge in [-0.3, -0.25) is 0 Å². The SMILES string of the molecule is CC(N)Cc1cccc(F)c1Oc1cccc(Br)c1. The van der Waals surface area contributed by atoms with Gasteiger partial charge in [-0.05, 0) is 43.2 Å². The lowest BCUT2D eigenvalue weighted by atomic mass is 10.1. The summed E-state index contributed by atoms with van der Waals surface area (Å²) in [7, 11) is 0. The molecule has 0 fully saturated rings. The standard InChI is InChI=1S/C15H15BrFNO/c1-10(18)8-11-4-2-7-14(17)15(11)19-13-6-3-5-12(16)9-13/h2-7,9-10H,8,18H2,1H3. The van der Waals surface area contributed by atoms with Crippen molar-refractivity contribution in [2.75, 3.05) is 0 Å². The Morgan fingerprint density at radius 2 is 2.00 bits per heavy atom. The number of rotatable bonds is 4. The highest BCUT2D eigenvalue weighted by molar-refractivity contribution is 9.10. The predicted octanol–water partition coefficient (Wildman–Crippen LogP) is 4.27. The van der Waals surface area contributed by atoms with E-state index in [0.717, 1.165) is 10.0 Å². The zero-order chi connectivity index (χ0) is 13.8. The van der Waals surface area contributed by atoms with Gasteiger partial charge in [-0.1, -0.05) is 34.1 Å². The first-order chi connectivity index (χ1) is 9.06. The smallest absolute Gasteiger partial charge is 0.166 e. The number of halogens is 2. The molecule has 0 saturated heterocycles. The molecule has 0 spiro atoms. The Bertz CT molecular complexity index is 572. The second-order valence-corrected chi connectivity index (χ2v) is 5.38. The van der Waals surface area contributed by atoms with Gasteiger partial charge < -0.3 is 10.5 Å². The van der Waals surface area contributed by atoms with Crippen molar-refractivity contribution in [3.63, 3.8) is 0 Å². The molecule has 0 aromatic heterocycles. The molecule has 0 aliphatic carbocycles. The van der Waals surface area contributed by atoms with Crippen molar-refractivity contribution in [3.8, 4) is 11.5 Å². The van der Waals surface area contributed by atoms with Crippen molar-refractivity contribution in [2.45, 2.75) is 19.4 Å². The van der Waals surface area contributed by atoms with Gasteiger partial charge in [0, 0.05) is 10.5 Å². The lowest BCUT2D eigenvalue weighted by Gasteiger charge is -2.13. The molecule has 0 saturated carbocycles. The molecule has 100 valence electrons. The first kappa shape index (κ1) is 14.0. The molecule has 1 atom stereocenters. The molecule has 2 aromatic carbocycles. The van der Waals surface area contributed by atoms with Crippen molar-refractivity contribution in [1.29, 1.82) is 0 Å². The lowest BCUT2D eigenvalue weighted by Crippen LogP contribution is -2.18. The third-order valence-corrected chi connectivity index (χ3v) is 3.10. The van der Waals surface area contributed by atoms with Crippen molar-refractivity contribution in [2.24, 2.45) is 5.73 Å². The summed E-state index contributed by atoms with van der Waals surface area (Å²) in [5.74, 6) is 0.460. The highest BCUT2D eigenvalue weighted by atomic mass is 79.9. The normalized spacial score (nSPS) is 12.2. The second-order valence-electron chi connectivity index (χ2n) is 4.47. The molecule has 0 amide bonds. The van der Waals surface area contributed by atoms with E-state index in [0.29, 0.717) is 12.2 Å². The van der Waals surface area contributed by atoms with Crippen molar-refractivity contribution >= 4 is 15.9 Å². The van der Waals surface area contributed by atoms with E-state index in [2.05, 4.69) is 15.9 Å². The topological polar surface area (TPSA) is 35.2 Å². The van der Waals surface area contributed by atoms with E-state index in [1.54, 1.807) is 18.2 Å². The minimum Gasteiger partial charge on any atom is -0.454 e. The molecule has 0 bridgehead atoms. The maximum Gasteiger partial charge on any atom is 0.166 e. The number of nitrogens with two attached hydrogens (primary N) is 1. The molecule has 0 aliphatic heterocycles. The van der Waals surface area contributed by atoms with Gasteiger partial charge in [-0.2, -0.15) is 0 Å². The van der Waals surface area contributed by atoms with Gasteiger partial charge in [-0.25, -0.2) is 4.39 Å². The summed E-state index contributed by atoms with van der Waals surface area (Å²) in [6, 6.07) is 12.1. The Labute approximate surface area is 120 Å². The molecule has 1 unspecified atom stereocenters. The van der Waals surface area contributed by atoms with E-state index < -0.39 is 0 Å². The Morgan fingerprint density at radius 3 is 2.68 bits per heavy atom. The van der Waals surface area contributed by atoms with Gasteiger partial charge in [0.25, 0.3) is 0 Å². The fourth-order valence-electron chi connectivity index (χ4n) is 1.82. The molecule has 4 heteroatoms. The molecule has 2 nitrogen and oxygen atoms in total. The Balaban J connectivity index is 2.33. The second kappa shape index (κ2) is 6.17. The van der Waals surface area contributed by atoms with Crippen molar-refractivity contribution < 1.29 is 9.13 Å². The summed E-state index contributed by atoms with van der Waals surface area (Å²) < 4.78 is 20.5. The molecule has 0 aliphatic rings. The highest BCUT2D eigenvalue weighted by Gasteiger charge is 2.12. The number of hydrogen-bond donors (Lipinski definition) is 1. The van der Waals surface area contributed by atoms with Crippen molar-refractivity contribution in [1.82, 2.24) is 0 Å². The average molecular weight is 324 g/mol. The molecule has 0 radical (unpaired) electrons. The minimum absolute atomic E-state index is 0.0494. The first-order valence-corrected chi connectivity index (χ1v) is 6.82. The Hall–Kier alpha value is -1.39. The third kappa shape index (κ3) is 3.78. The first-order valence-electron chi connectivity index (χ1n) is 6.02. The van der Waals surface area contributed by atoms with Gasteiger partial charge in [0.05, 0.1) is 0 Å². The van der Waals surface area contributed by atoms with E-state index >= 15 is 0 Å². The van der Waals surface area contributed by atoms with Crippen LogP contribution >= 0.6 is 15.9 Å². The summed E-state index contributed by atoms with van der Waals surface area (Å²) in [4.78, 5) is 0. The van der Waals surface area contributed by atoms with Gasteiger partial charge >= 0.3 is 0 Å². The predicted molar refractivity (Wildman–Crippen MR) is 78.0 cm³/mol. The van der Waals surface area contributed by atoms with Crippen LogP contribution in [-0.2, 0) is 6.42 Å². The molecule has 2 rings (SSSR count). The summed E-state index contributed by atoms with van der Waals surface area (Å²) in [6.07, 6.45) is 0.571. The third-order valence-electron chi connectivity index (χ3n) is 2.61. The largest absolute Gasteiger partial charge is 0.454 e. The zero-order valence-corrected chi connectivity index (χ0v) is 12.2. The van der Waals surface area contributed by atoms with Gasteiger partial charge in [-0.15, -0.1) is 0 Å². The van der Waals surface area contributed by atoms with Crippen LogP contribution in [0.3, 0.4) is 0 Å². The monoisotopic (exact) mass is 323 g/mol. The van der Waals surface area contributed by atoms with Crippen LogP contribution in [0.2, 0.25) is 0 Å². The maximum atomic E-state index is 13.9. The maximum absolute atomic E-state index is 13.9. The van der Waals surface area contributed by atoms with Gasteiger partial charge in [0.1, 0.15) is 5.75 Å². The lowest BCUT2D eigenvalue weighted by molar-refractivity contribution is 0.434. The highest BCUT2D eigenvalue weighted by Crippen LogP contribution is 2.30. The quantitative estimate of drug-likeness (QED) is 0.911. The molecule has 19 heavy (non-hydrogen) atoms. The minimum atomic E-state index is -0.377. The summed E-state index contributed by atoms with van der Waals surface area (Å²) in [6.45, 7) is 1.88. The summed E-state index contributed by atoms with van der Waals surface area (Å²) in [5, 5.41) is 0. The van der Waals surface area contributed by atoms with Crippen LogP contribution in [0.1, 0.15) is 12.5 Å². The fourth-order valence-corrected chi connectivity index (χ4v) is 2.20. The zero-order valence-electron chi connectivity index (χ0n) is 10.6. The van der Waals surface area contributed by atoms with Crippen LogP contribution in [0.4, 0.5) is 4.39 Å². The van der Waals surface area contributed by atoms with E-state index in [1.807, 2.05) is 25.1 Å². The number of hydrogen-bond acceptors (Lipinski definition) is 2. The molecular formula is C15H15BrFNO. The van der Waals surface area contributed by atoms with E-state index in [-0.39, 0.29) is 17.6 Å². The van der Waals surface area contributed by atoms with Crippen LogP contribution < -0.4 is 10.5 Å². The summed E-state index contributed by atoms with van der Waals surface area (Å²) in [5.41, 5.74) is 6.55. The molecule has 2 aromatic rings. The number of para-hydroxylation sites is 1. The van der Waals surface area contributed by atoms with Crippen LogP contribution in [0, 0.1) is 5.82 Å². The van der Waals surface area contributed by atoms with Crippen molar-refractivity contribution in [3.05, 3.63) is 58.3 Å². The molecule has 2 N–H and O–H groups in total. The van der Waals surface area contributed by atoms with Crippen LogP contribution in [0.25, 0.3) is 0 Å². The van der Waals surface area contributed by atoms with E-state index in [4.69, 9.17) is 10.5 Å². The molecule has 0 heterocycles. The average Bonchev–Trinajstić information content (AvgIpc) is 2.33. The van der Waals surface area contributed by atoms with Gasteiger partial charge in [0.2, 0.25) is 0 Å². The van der Waals surface area contributed by atoms with Crippen LogP contribution in [0.5, 0.6) is 11.5 Å².